The number of fused-ring (bicyclic) bond motifs is 2. The van der Waals surface area contributed by atoms with Crippen LogP contribution in [0.1, 0.15) is 43.0 Å². The number of Topliss-reactive ketones (excluding diaryl/α,β-unsaturated/α-hetero) is 1. The number of hydrogen-bond donors (Lipinski definition) is 0. The second kappa shape index (κ2) is 9.79. The average Bonchev–Trinajstić information content (AvgIpc) is 3.14. The number of aromatic nitrogens is 1. The summed E-state index contributed by atoms with van der Waals surface area (Å²) in [6.45, 7) is 2.93. The van der Waals surface area contributed by atoms with Crippen LogP contribution in [0, 0.1) is 5.92 Å². The van der Waals surface area contributed by atoms with Gasteiger partial charge in [0.1, 0.15) is 11.7 Å². The van der Waals surface area contributed by atoms with Crippen LogP contribution in [0.4, 0.5) is 0 Å². The lowest BCUT2D eigenvalue weighted by atomic mass is 9.80. The second-order valence-corrected chi connectivity index (χ2v) is 8.82. The lowest BCUT2D eigenvalue weighted by Crippen LogP contribution is -2.38. The molecule has 32 heavy (non-hydrogen) atoms. The zero-order valence-electron chi connectivity index (χ0n) is 18.2. The molecule has 2 unspecified atom stereocenters. The van der Waals surface area contributed by atoms with Gasteiger partial charge >= 0.3 is 5.97 Å². The number of rotatable bonds is 6. The summed E-state index contributed by atoms with van der Waals surface area (Å²) in [6.07, 6.45) is 4.72. The van der Waals surface area contributed by atoms with E-state index in [1.165, 1.54) is 17.6 Å². The van der Waals surface area contributed by atoms with Gasteiger partial charge in [-0.2, -0.15) is 4.99 Å². The molecule has 1 aromatic heterocycles. The van der Waals surface area contributed by atoms with E-state index in [4.69, 9.17) is 14.2 Å². The van der Waals surface area contributed by atoms with E-state index in [1.54, 1.807) is 32.2 Å². The van der Waals surface area contributed by atoms with Crippen molar-refractivity contribution in [3.05, 3.63) is 40.4 Å². The van der Waals surface area contributed by atoms with Crippen molar-refractivity contribution in [3.63, 3.8) is 0 Å². The molecule has 9 heteroatoms. The highest BCUT2D eigenvalue weighted by atomic mass is 32.1. The Kier molecular flexibility index (Phi) is 6.86. The fraction of sp³-hybridized carbons (Fsp3) is 0.478. The largest absolute Gasteiger partial charge is 0.496 e. The summed E-state index contributed by atoms with van der Waals surface area (Å²) in [5, 5.41) is 0. The summed E-state index contributed by atoms with van der Waals surface area (Å²) >= 11 is 1.27. The number of carbonyl (C=O) groups is 3. The first-order chi connectivity index (χ1) is 15.5. The van der Waals surface area contributed by atoms with Gasteiger partial charge in [0.25, 0.3) is 5.91 Å². The summed E-state index contributed by atoms with van der Waals surface area (Å²) in [5.41, 5.74) is 1.24. The molecule has 1 aromatic carbocycles. The molecule has 1 amide bonds. The van der Waals surface area contributed by atoms with Gasteiger partial charge in [-0.1, -0.05) is 17.8 Å². The van der Waals surface area contributed by atoms with Crippen LogP contribution >= 0.6 is 11.3 Å². The van der Waals surface area contributed by atoms with Gasteiger partial charge in [-0.25, -0.2) is 4.79 Å². The Balaban J connectivity index is 1.71. The summed E-state index contributed by atoms with van der Waals surface area (Å²) in [7, 11) is 1.60. The number of nitrogens with zero attached hydrogens (tertiary/aromatic N) is 2. The van der Waals surface area contributed by atoms with Gasteiger partial charge in [-0.05, 0) is 44.4 Å². The predicted molar refractivity (Wildman–Crippen MR) is 118 cm³/mol. The van der Waals surface area contributed by atoms with E-state index < -0.39 is 11.9 Å². The van der Waals surface area contributed by atoms with Crippen LogP contribution in [0.3, 0.4) is 0 Å². The second-order valence-electron chi connectivity index (χ2n) is 7.81. The van der Waals surface area contributed by atoms with Crippen molar-refractivity contribution in [3.8, 4) is 0 Å². The standard InChI is InChI=1S/C23H26N2O6S/c1-3-30-22(28)14-8-9-17-19(12-14)32-23(25(17)10-11-29-2)24-21(27)16-13-31-18-7-5-4-6-15(18)20(16)26/h8-9,12-13,15,18H,3-7,10-11H2,1-2H3. The summed E-state index contributed by atoms with van der Waals surface area (Å²) < 4.78 is 18.6. The zero-order valence-corrected chi connectivity index (χ0v) is 19.0. The molecule has 0 saturated heterocycles. The first-order valence-corrected chi connectivity index (χ1v) is 11.6. The highest BCUT2D eigenvalue weighted by Crippen LogP contribution is 2.33. The van der Waals surface area contributed by atoms with Gasteiger partial charge in [0, 0.05) is 13.7 Å². The van der Waals surface area contributed by atoms with Gasteiger partial charge < -0.3 is 18.8 Å². The smallest absolute Gasteiger partial charge is 0.338 e. The third-order valence-electron chi connectivity index (χ3n) is 5.81. The molecule has 2 aliphatic rings. The molecule has 2 atom stereocenters. The molecule has 1 fully saturated rings. The maximum absolute atomic E-state index is 13.0. The van der Waals surface area contributed by atoms with Crippen molar-refractivity contribution in [1.82, 2.24) is 4.57 Å². The molecule has 1 aliphatic heterocycles. The van der Waals surface area contributed by atoms with Crippen molar-refractivity contribution in [2.24, 2.45) is 10.9 Å². The lowest BCUT2D eigenvalue weighted by Gasteiger charge is -2.33. The fourth-order valence-electron chi connectivity index (χ4n) is 4.17. The molecule has 1 saturated carbocycles. The van der Waals surface area contributed by atoms with Crippen LogP contribution < -0.4 is 4.80 Å². The van der Waals surface area contributed by atoms with Gasteiger partial charge in [0.2, 0.25) is 0 Å². The van der Waals surface area contributed by atoms with Gasteiger partial charge in [-0.3, -0.25) is 9.59 Å². The third kappa shape index (κ3) is 4.40. The predicted octanol–water partition coefficient (Wildman–Crippen LogP) is 3.00. The Morgan fingerprint density at radius 2 is 2.09 bits per heavy atom. The molecule has 1 aliphatic carbocycles. The summed E-state index contributed by atoms with van der Waals surface area (Å²) in [4.78, 5) is 42.7. The van der Waals surface area contributed by atoms with Crippen molar-refractivity contribution in [2.75, 3.05) is 20.3 Å². The molecule has 0 bridgehead atoms. The summed E-state index contributed by atoms with van der Waals surface area (Å²) in [5.74, 6) is -1.46. The quantitative estimate of drug-likeness (QED) is 0.488. The molecule has 2 heterocycles. The fourth-order valence-corrected chi connectivity index (χ4v) is 5.27. The summed E-state index contributed by atoms with van der Waals surface area (Å²) in [6, 6.07) is 5.22. The monoisotopic (exact) mass is 458 g/mol. The van der Waals surface area contributed by atoms with Gasteiger partial charge in [0.15, 0.2) is 10.6 Å². The minimum absolute atomic E-state index is 0.00360. The Labute approximate surface area is 189 Å². The van der Waals surface area contributed by atoms with E-state index in [9.17, 15) is 14.4 Å². The number of ether oxygens (including phenoxy) is 3. The third-order valence-corrected chi connectivity index (χ3v) is 6.85. The molecule has 0 radical (unpaired) electrons. The highest BCUT2D eigenvalue weighted by molar-refractivity contribution is 7.16. The van der Waals surface area contributed by atoms with E-state index in [-0.39, 0.29) is 30.0 Å². The van der Waals surface area contributed by atoms with Crippen LogP contribution in [0.2, 0.25) is 0 Å². The number of thiazole rings is 1. The van der Waals surface area contributed by atoms with Gasteiger partial charge in [-0.15, -0.1) is 0 Å². The zero-order chi connectivity index (χ0) is 22.7. The Morgan fingerprint density at radius 1 is 1.28 bits per heavy atom. The number of hydrogen-bond acceptors (Lipinski definition) is 7. The maximum atomic E-state index is 13.0. The topological polar surface area (TPSA) is 96.2 Å². The van der Waals surface area contributed by atoms with E-state index in [0.29, 0.717) is 23.5 Å². The van der Waals surface area contributed by atoms with Crippen LogP contribution in [-0.4, -0.2) is 48.7 Å². The highest BCUT2D eigenvalue weighted by Gasteiger charge is 2.39. The normalized spacial score (nSPS) is 21.1. The molecule has 8 nitrogen and oxygen atoms in total. The van der Waals surface area contributed by atoms with Crippen molar-refractivity contribution < 1.29 is 28.6 Å². The van der Waals surface area contributed by atoms with Crippen molar-refractivity contribution in [1.29, 1.82) is 0 Å². The van der Waals surface area contributed by atoms with Gasteiger partial charge in [0.05, 0.1) is 41.2 Å². The van der Waals surface area contributed by atoms with E-state index in [1.807, 2.05) is 4.57 Å². The SMILES string of the molecule is CCOC(=O)c1ccc2c(c1)sc(=NC(=O)C1=COC3CCCCC3C1=O)n2CCOC. The van der Waals surface area contributed by atoms with Crippen LogP contribution in [0.15, 0.2) is 35.0 Å². The number of carbonyl (C=O) groups excluding carboxylic acids is 3. The number of amides is 1. The number of methoxy groups -OCH3 is 1. The minimum Gasteiger partial charge on any atom is -0.496 e. The molecule has 170 valence electrons. The molecular weight excluding hydrogens is 432 g/mol. The van der Waals surface area contributed by atoms with E-state index in [2.05, 4.69) is 4.99 Å². The van der Waals surface area contributed by atoms with Crippen LogP contribution in [-0.2, 0) is 30.3 Å². The maximum Gasteiger partial charge on any atom is 0.338 e. The number of benzene rings is 1. The minimum atomic E-state index is -0.609. The first-order valence-electron chi connectivity index (χ1n) is 10.8. The number of ketones is 1. The van der Waals surface area contributed by atoms with Crippen molar-refractivity contribution in [2.45, 2.75) is 45.3 Å². The molecular formula is C23H26N2O6S. The van der Waals surface area contributed by atoms with Crippen molar-refractivity contribution >= 4 is 39.2 Å². The molecule has 0 spiro atoms. The Bertz CT molecular complexity index is 1150. The molecule has 0 N–H and O–H groups in total. The first kappa shape index (κ1) is 22.4. The average molecular weight is 459 g/mol. The Morgan fingerprint density at radius 3 is 2.88 bits per heavy atom. The molecule has 2 aromatic rings. The lowest BCUT2D eigenvalue weighted by molar-refractivity contribution is -0.130. The Hall–Kier alpha value is -2.78. The van der Waals surface area contributed by atoms with E-state index in [0.717, 1.165) is 35.9 Å². The van der Waals surface area contributed by atoms with E-state index >= 15 is 0 Å². The van der Waals surface area contributed by atoms with Crippen LogP contribution in [0.25, 0.3) is 10.2 Å². The molecule has 4 rings (SSSR count). The van der Waals surface area contributed by atoms with Crippen LogP contribution in [0.5, 0.6) is 0 Å². The number of esters is 1.